The van der Waals surface area contributed by atoms with Crippen LogP contribution in [0.15, 0.2) is 33.9 Å². The lowest BCUT2D eigenvalue weighted by Gasteiger charge is -2.27. The van der Waals surface area contributed by atoms with E-state index in [2.05, 4.69) is 17.2 Å². The highest BCUT2D eigenvalue weighted by Crippen LogP contribution is 2.21. The molecule has 0 bridgehead atoms. The number of benzene rings is 1. The molecule has 1 aromatic carbocycles. The Balaban J connectivity index is 2.46. The van der Waals surface area contributed by atoms with Crippen molar-refractivity contribution < 1.29 is 0 Å². The molecular weight excluding hydrogens is 386 g/mol. The number of thiocarbonyl (C=S) groups is 1. The van der Waals surface area contributed by atoms with Crippen LogP contribution >= 0.6 is 12.2 Å². The molecule has 0 spiro atoms. The van der Waals surface area contributed by atoms with Crippen molar-refractivity contribution in [2.75, 3.05) is 22.5 Å². The van der Waals surface area contributed by atoms with Crippen LogP contribution in [0, 0.1) is 6.92 Å². The quantitative estimate of drug-likeness (QED) is 0.426. The van der Waals surface area contributed by atoms with Crippen LogP contribution in [0.5, 0.6) is 0 Å². The van der Waals surface area contributed by atoms with Gasteiger partial charge >= 0.3 is 5.69 Å². The van der Waals surface area contributed by atoms with Crippen LogP contribution in [0.1, 0.15) is 51.5 Å². The van der Waals surface area contributed by atoms with Gasteiger partial charge in [-0.05, 0) is 43.6 Å². The van der Waals surface area contributed by atoms with Crippen LogP contribution in [0.25, 0.3) is 0 Å². The molecule has 0 aliphatic carbocycles. The van der Waals surface area contributed by atoms with Gasteiger partial charge in [-0.1, -0.05) is 51.3 Å². The van der Waals surface area contributed by atoms with Gasteiger partial charge in [0.05, 0.1) is 0 Å². The average Bonchev–Trinajstić information content (AvgIpc) is 2.68. The van der Waals surface area contributed by atoms with E-state index >= 15 is 0 Å². The number of nitrogen functional groups attached to an aromatic ring is 1. The van der Waals surface area contributed by atoms with Gasteiger partial charge in [-0.25, -0.2) is 4.79 Å². The Hall–Kier alpha value is -2.61. The molecular formula is C21H31N5O2S. The Labute approximate surface area is 176 Å². The molecule has 1 aromatic heterocycles. The third-order valence-corrected chi connectivity index (χ3v) is 5.16. The van der Waals surface area contributed by atoms with Crippen molar-refractivity contribution in [3.05, 3.63) is 50.7 Å². The van der Waals surface area contributed by atoms with Gasteiger partial charge in [0.25, 0.3) is 5.56 Å². The first kappa shape index (κ1) is 22.7. The topological polar surface area (TPSA) is 96.2 Å². The van der Waals surface area contributed by atoms with Crippen molar-refractivity contribution in [3.63, 3.8) is 0 Å². The zero-order chi connectivity index (χ0) is 21.4. The summed E-state index contributed by atoms with van der Waals surface area (Å²) in [6.45, 7) is 7.11. The largest absolute Gasteiger partial charge is 0.383 e. The molecule has 29 heavy (non-hydrogen) atoms. The Bertz CT molecular complexity index is 951. The minimum atomic E-state index is -0.523. The lowest BCUT2D eigenvalue weighted by molar-refractivity contribution is 0.604. The first-order valence-corrected chi connectivity index (χ1v) is 10.6. The smallest absolute Gasteiger partial charge is 0.330 e. The molecule has 0 fully saturated rings. The summed E-state index contributed by atoms with van der Waals surface area (Å²) in [5.41, 5.74) is 7.43. The Kier molecular flexibility index (Phi) is 8.45. The van der Waals surface area contributed by atoms with Crippen molar-refractivity contribution >= 4 is 34.5 Å². The first-order valence-electron chi connectivity index (χ1n) is 10.2. The van der Waals surface area contributed by atoms with E-state index in [4.69, 9.17) is 18.0 Å². The Morgan fingerprint density at radius 1 is 1.17 bits per heavy atom. The molecule has 158 valence electrons. The van der Waals surface area contributed by atoms with Crippen LogP contribution in [0.4, 0.5) is 17.2 Å². The molecule has 4 N–H and O–H groups in total. The zero-order valence-corrected chi connectivity index (χ0v) is 18.3. The highest BCUT2D eigenvalue weighted by atomic mass is 32.1. The van der Waals surface area contributed by atoms with Crippen molar-refractivity contribution in [3.8, 4) is 0 Å². The summed E-state index contributed by atoms with van der Waals surface area (Å²) in [6, 6.07) is 7.79. The van der Waals surface area contributed by atoms with Gasteiger partial charge in [-0.15, -0.1) is 0 Å². The number of rotatable bonds is 9. The first-order chi connectivity index (χ1) is 13.9. The number of para-hydroxylation sites is 1. The SMILES string of the molecule is CCCCCN(C(=S)Nc1ccccc1C)c1c(N)n(CCCC)c(=O)[nH]c1=O. The fourth-order valence-electron chi connectivity index (χ4n) is 3.11. The molecule has 8 heteroatoms. The highest BCUT2D eigenvalue weighted by molar-refractivity contribution is 7.80. The maximum Gasteiger partial charge on any atom is 0.330 e. The number of H-pyrrole nitrogens is 1. The molecule has 0 saturated carbocycles. The average molecular weight is 418 g/mol. The molecule has 0 unspecified atom stereocenters. The summed E-state index contributed by atoms with van der Waals surface area (Å²) in [7, 11) is 0. The van der Waals surface area contributed by atoms with E-state index in [9.17, 15) is 9.59 Å². The molecule has 0 aliphatic rings. The number of aromatic amines is 1. The summed E-state index contributed by atoms with van der Waals surface area (Å²) < 4.78 is 1.42. The van der Waals surface area contributed by atoms with Gasteiger partial charge < -0.3 is 16.0 Å². The molecule has 0 amide bonds. The van der Waals surface area contributed by atoms with Crippen LogP contribution in [-0.4, -0.2) is 21.2 Å². The third kappa shape index (κ3) is 5.69. The Morgan fingerprint density at radius 2 is 1.86 bits per heavy atom. The van der Waals surface area contributed by atoms with Gasteiger partial charge in [0.15, 0.2) is 10.8 Å². The predicted molar refractivity (Wildman–Crippen MR) is 125 cm³/mol. The van der Waals surface area contributed by atoms with E-state index in [0.29, 0.717) is 18.2 Å². The van der Waals surface area contributed by atoms with E-state index < -0.39 is 11.2 Å². The summed E-state index contributed by atoms with van der Waals surface area (Å²) >= 11 is 5.65. The van der Waals surface area contributed by atoms with E-state index in [-0.39, 0.29) is 11.5 Å². The molecule has 2 aromatic rings. The maximum absolute atomic E-state index is 12.7. The van der Waals surface area contributed by atoms with E-state index in [1.807, 2.05) is 38.1 Å². The summed E-state index contributed by atoms with van der Waals surface area (Å²) in [4.78, 5) is 29.1. The molecule has 1 heterocycles. The second-order valence-corrected chi connectivity index (χ2v) is 7.49. The number of aromatic nitrogens is 2. The van der Waals surface area contributed by atoms with Crippen molar-refractivity contribution in [1.82, 2.24) is 9.55 Å². The fourth-order valence-corrected chi connectivity index (χ4v) is 3.40. The second kappa shape index (κ2) is 10.8. The summed E-state index contributed by atoms with van der Waals surface area (Å²) in [5.74, 6) is 0.151. The van der Waals surface area contributed by atoms with Gasteiger partial charge in [-0.2, -0.15) is 0 Å². The number of nitrogens with one attached hydrogen (secondary N) is 2. The van der Waals surface area contributed by atoms with E-state index in [0.717, 1.165) is 43.4 Å². The molecule has 7 nitrogen and oxygen atoms in total. The van der Waals surface area contributed by atoms with Crippen LogP contribution in [0.2, 0.25) is 0 Å². The molecule has 0 aliphatic heterocycles. The van der Waals surface area contributed by atoms with Crippen molar-refractivity contribution in [1.29, 1.82) is 0 Å². The number of hydrogen-bond acceptors (Lipinski definition) is 4. The van der Waals surface area contributed by atoms with Gasteiger partial charge in [-0.3, -0.25) is 14.3 Å². The highest BCUT2D eigenvalue weighted by Gasteiger charge is 2.22. The predicted octanol–water partition coefficient (Wildman–Crippen LogP) is 3.62. The lowest BCUT2D eigenvalue weighted by atomic mass is 10.2. The number of nitrogens with two attached hydrogens (primary N) is 1. The molecule has 0 atom stereocenters. The van der Waals surface area contributed by atoms with Crippen LogP contribution in [-0.2, 0) is 6.54 Å². The fraction of sp³-hybridized carbons (Fsp3) is 0.476. The number of unbranched alkanes of at least 4 members (excludes halogenated alkanes) is 3. The lowest BCUT2D eigenvalue weighted by Crippen LogP contribution is -2.43. The van der Waals surface area contributed by atoms with Crippen molar-refractivity contribution in [2.24, 2.45) is 0 Å². The normalized spacial score (nSPS) is 10.7. The number of nitrogens with zero attached hydrogens (tertiary/aromatic N) is 2. The Morgan fingerprint density at radius 3 is 2.52 bits per heavy atom. The zero-order valence-electron chi connectivity index (χ0n) is 17.5. The molecule has 2 rings (SSSR count). The number of aryl methyl sites for hydroxylation is 1. The minimum Gasteiger partial charge on any atom is -0.383 e. The molecule has 0 saturated heterocycles. The monoisotopic (exact) mass is 417 g/mol. The standard InChI is InChI=1S/C21H31N5O2S/c1-4-6-10-14-25(21(29)23-16-12-9-8-11-15(16)3)17-18(22)26(13-7-5-2)20(28)24-19(17)27/h8-9,11-12H,4-7,10,13-14,22H2,1-3H3,(H,23,29)(H,24,27,28). The van der Waals surface area contributed by atoms with E-state index in [1.54, 1.807) is 4.90 Å². The van der Waals surface area contributed by atoms with Crippen LogP contribution < -0.4 is 27.2 Å². The summed E-state index contributed by atoms with van der Waals surface area (Å²) in [6.07, 6.45) is 4.58. The van der Waals surface area contributed by atoms with Gasteiger partial charge in [0.1, 0.15) is 5.82 Å². The second-order valence-electron chi connectivity index (χ2n) is 7.10. The van der Waals surface area contributed by atoms with E-state index in [1.165, 1.54) is 4.57 Å². The number of hydrogen-bond donors (Lipinski definition) is 3. The third-order valence-electron chi connectivity index (χ3n) is 4.84. The van der Waals surface area contributed by atoms with Crippen LogP contribution in [0.3, 0.4) is 0 Å². The van der Waals surface area contributed by atoms with Gasteiger partial charge in [0.2, 0.25) is 0 Å². The number of anilines is 3. The van der Waals surface area contributed by atoms with Crippen molar-refractivity contribution in [2.45, 2.75) is 59.4 Å². The summed E-state index contributed by atoms with van der Waals surface area (Å²) in [5, 5.41) is 3.61. The maximum atomic E-state index is 12.7. The minimum absolute atomic E-state index is 0.151. The van der Waals surface area contributed by atoms with Gasteiger partial charge in [0, 0.05) is 18.8 Å². The molecule has 0 radical (unpaired) electrons.